The Morgan fingerprint density at radius 2 is 1.74 bits per heavy atom. The van der Waals surface area contributed by atoms with E-state index in [4.69, 9.17) is 0 Å². The van der Waals surface area contributed by atoms with Crippen molar-refractivity contribution in [2.24, 2.45) is 0 Å². The Labute approximate surface area is 161 Å². The summed E-state index contributed by atoms with van der Waals surface area (Å²) < 4.78 is 1.59. The number of nitrogens with one attached hydrogen (secondary N) is 1. The molecule has 132 valence electrons. The molecule has 0 bridgehead atoms. The molecular formula is C16H25Br2ClN2O2. The van der Waals surface area contributed by atoms with Crippen molar-refractivity contribution in [1.29, 1.82) is 0 Å². The molecule has 0 saturated heterocycles. The third-order valence-electron chi connectivity index (χ3n) is 3.46. The normalized spacial score (nSPS) is 12.5. The number of amides is 1. The number of nitrogens with zero attached hydrogens (tertiary/aromatic N) is 1. The van der Waals surface area contributed by atoms with E-state index in [9.17, 15) is 9.90 Å². The predicted molar refractivity (Wildman–Crippen MR) is 105 cm³/mol. The number of hydrogen-bond donors (Lipinski definition) is 2. The Kier molecular flexibility index (Phi) is 9.93. The highest BCUT2D eigenvalue weighted by Crippen LogP contribution is 2.35. The Bertz CT molecular complexity index is 531. The zero-order valence-corrected chi connectivity index (χ0v) is 18.0. The van der Waals surface area contributed by atoms with Crippen molar-refractivity contribution in [3.63, 3.8) is 0 Å². The van der Waals surface area contributed by atoms with E-state index in [-0.39, 0.29) is 18.3 Å². The topological polar surface area (TPSA) is 52.6 Å². The highest BCUT2D eigenvalue weighted by atomic mass is 79.9. The van der Waals surface area contributed by atoms with Crippen LogP contribution < -0.4 is 5.32 Å². The molecule has 0 spiro atoms. The molecule has 0 heterocycles. The van der Waals surface area contributed by atoms with Crippen LogP contribution in [-0.2, 0) is 4.79 Å². The molecule has 4 nitrogen and oxygen atoms in total. The number of aliphatic hydroxyl groups is 1. The number of aliphatic hydroxyl groups excluding tert-OH is 1. The van der Waals surface area contributed by atoms with Gasteiger partial charge in [-0.3, -0.25) is 9.69 Å². The third kappa shape index (κ3) is 6.70. The molecule has 0 aliphatic heterocycles. The van der Waals surface area contributed by atoms with Gasteiger partial charge in [0.1, 0.15) is 0 Å². The second-order valence-electron chi connectivity index (χ2n) is 5.93. The molecule has 1 atom stereocenters. The fraction of sp³-hybridized carbons (Fsp3) is 0.562. The molecule has 0 aliphatic carbocycles. The van der Waals surface area contributed by atoms with E-state index in [0.29, 0.717) is 29.9 Å². The van der Waals surface area contributed by atoms with Gasteiger partial charge < -0.3 is 10.4 Å². The Hall–Kier alpha value is -0.140. The van der Waals surface area contributed by atoms with E-state index in [0.717, 1.165) is 8.95 Å². The maximum absolute atomic E-state index is 11.4. The highest BCUT2D eigenvalue weighted by molar-refractivity contribution is 9.11. The zero-order chi connectivity index (χ0) is 17.0. The summed E-state index contributed by atoms with van der Waals surface area (Å²) in [6, 6.07) is 4.35. The van der Waals surface area contributed by atoms with Crippen LogP contribution in [0.4, 0.5) is 5.69 Å². The van der Waals surface area contributed by atoms with Crippen LogP contribution >= 0.6 is 44.3 Å². The molecule has 1 rings (SSSR count). The average Bonchev–Trinajstić information content (AvgIpc) is 2.37. The van der Waals surface area contributed by atoms with Crippen molar-refractivity contribution in [3.05, 3.63) is 26.6 Å². The van der Waals surface area contributed by atoms with Gasteiger partial charge >= 0.3 is 0 Å². The number of carbonyl (C=O) groups is 1. The SMILES string of the molecule is CC(=O)Nc1c(Br)cc(Br)cc1C(O)CN(C(C)C)C(C)C.Cl. The second kappa shape index (κ2) is 9.99. The molecule has 1 amide bonds. The van der Waals surface area contributed by atoms with Crippen LogP contribution in [0.5, 0.6) is 0 Å². The van der Waals surface area contributed by atoms with Gasteiger partial charge in [-0.2, -0.15) is 0 Å². The second-order valence-corrected chi connectivity index (χ2v) is 7.70. The summed E-state index contributed by atoms with van der Waals surface area (Å²) in [6.45, 7) is 10.4. The van der Waals surface area contributed by atoms with Gasteiger partial charge in [-0.15, -0.1) is 12.4 Å². The van der Waals surface area contributed by atoms with Crippen molar-refractivity contribution >= 4 is 55.9 Å². The lowest BCUT2D eigenvalue weighted by Crippen LogP contribution is -2.40. The van der Waals surface area contributed by atoms with Crippen molar-refractivity contribution in [2.45, 2.75) is 52.8 Å². The first-order valence-electron chi connectivity index (χ1n) is 7.33. The van der Waals surface area contributed by atoms with E-state index in [1.54, 1.807) is 0 Å². The van der Waals surface area contributed by atoms with Crippen LogP contribution in [0, 0.1) is 0 Å². The largest absolute Gasteiger partial charge is 0.387 e. The predicted octanol–water partition coefficient (Wildman–Crippen LogP) is 4.74. The summed E-state index contributed by atoms with van der Waals surface area (Å²) in [5.41, 5.74) is 1.32. The quantitative estimate of drug-likeness (QED) is 0.629. The molecule has 1 unspecified atom stereocenters. The van der Waals surface area contributed by atoms with Gasteiger partial charge in [0.2, 0.25) is 5.91 Å². The zero-order valence-electron chi connectivity index (χ0n) is 14.1. The van der Waals surface area contributed by atoms with Gasteiger partial charge in [0.15, 0.2) is 0 Å². The minimum Gasteiger partial charge on any atom is -0.387 e. The van der Waals surface area contributed by atoms with Crippen LogP contribution in [0.25, 0.3) is 0 Å². The summed E-state index contributed by atoms with van der Waals surface area (Å²) in [5, 5.41) is 13.5. The Morgan fingerprint density at radius 3 is 2.17 bits per heavy atom. The first-order valence-corrected chi connectivity index (χ1v) is 8.92. The molecule has 0 aliphatic rings. The Morgan fingerprint density at radius 1 is 1.22 bits per heavy atom. The monoisotopic (exact) mass is 470 g/mol. The smallest absolute Gasteiger partial charge is 0.221 e. The highest BCUT2D eigenvalue weighted by Gasteiger charge is 2.22. The fourth-order valence-corrected chi connectivity index (χ4v) is 3.84. The van der Waals surface area contributed by atoms with E-state index in [2.05, 4.69) is 69.8 Å². The molecule has 0 saturated carbocycles. The molecule has 7 heteroatoms. The molecule has 0 fully saturated rings. The maximum atomic E-state index is 11.4. The van der Waals surface area contributed by atoms with Gasteiger partial charge in [-0.05, 0) is 55.8 Å². The summed E-state index contributed by atoms with van der Waals surface area (Å²) in [5.74, 6) is -0.166. The van der Waals surface area contributed by atoms with Crippen LogP contribution in [-0.4, -0.2) is 34.5 Å². The molecule has 0 aromatic heterocycles. The van der Waals surface area contributed by atoms with E-state index in [1.807, 2.05) is 12.1 Å². The molecule has 23 heavy (non-hydrogen) atoms. The van der Waals surface area contributed by atoms with Crippen molar-refractivity contribution < 1.29 is 9.90 Å². The number of rotatable bonds is 6. The average molecular weight is 473 g/mol. The molecule has 1 aromatic carbocycles. The van der Waals surface area contributed by atoms with E-state index in [1.165, 1.54) is 6.92 Å². The van der Waals surface area contributed by atoms with Crippen LogP contribution in [0.3, 0.4) is 0 Å². The fourth-order valence-electron chi connectivity index (χ4n) is 2.48. The number of anilines is 1. The lowest BCUT2D eigenvalue weighted by atomic mass is 10.0. The summed E-state index contributed by atoms with van der Waals surface area (Å²) in [6.07, 6.45) is -0.694. The van der Waals surface area contributed by atoms with Crippen LogP contribution in [0.15, 0.2) is 21.1 Å². The minimum absolute atomic E-state index is 0. The lowest BCUT2D eigenvalue weighted by Gasteiger charge is -2.33. The van der Waals surface area contributed by atoms with Gasteiger partial charge in [-0.25, -0.2) is 0 Å². The third-order valence-corrected chi connectivity index (χ3v) is 4.54. The van der Waals surface area contributed by atoms with Crippen LogP contribution in [0.2, 0.25) is 0 Å². The summed E-state index contributed by atoms with van der Waals surface area (Å²) >= 11 is 6.89. The summed E-state index contributed by atoms with van der Waals surface area (Å²) in [4.78, 5) is 13.6. The maximum Gasteiger partial charge on any atom is 0.221 e. The number of benzene rings is 1. The van der Waals surface area contributed by atoms with Crippen LogP contribution in [0.1, 0.15) is 46.3 Å². The number of hydrogen-bond acceptors (Lipinski definition) is 3. The molecule has 2 N–H and O–H groups in total. The summed E-state index contributed by atoms with van der Waals surface area (Å²) in [7, 11) is 0. The van der Waals surface area contributed by atoms with Gasteiger partial charge in [-0.1, -0.05) is 15.9 Å². The van der Waals surface area contributed by atoms with Crippen molar-refractivity contribution in [3.8, 4) is 0 Å². The molecular weight excluding hydrogens is 447 g/mol. The molecule has 1 aromatic rings. The Balaban J connectivity index is 0.00000484. The lowest BCUT2D eigenvalue weighted by molar-refractivity contribution is -0.114. The van der Waals surface area contributed by atoms with Gasteiger partial charge in [0, 0.05) is 40.1 Å². The van der Waals surface area contributed by atoms with Gasteiger partial charge in [0.25, 0.3) is 0 Å². The van der Waals surface area contributed by atoms with Crippen molar-refractivity contribution in [2.75, 3.05) is 11.9 Å². The van der Waals surface area contributed by atoms with E-state index >= 15 is 0 Å². The van der Waals surface area contributed by atoms with Gasteiger partial charge in [0.05, 0.1) is 11.8 Å². The van der Waals surface area contributed by atoms with E-state index < -0.39 is 6.10 Å². The minimum atomic E-state index is -0.694. The standard InChI is InChI=1S/C16H24Br2N2O2.ClH/c1-9(2)20(10(3)4)8-15(22)13-6-12(17)7-14(18)16(13)19-11(5)21;/h6-7,9-10,15,22H,8H2,1-5H3,(H,19,21);1H. The molecule has 0 radical (unpaired) electrons. The first-order chi connectivity index (χ1) is 10.1. The number of carbonyl (C=O) groups excluding carboxylic acids is 1. The first kappa shape index (κ1) is 22.9. The van der Waals surface area contributed by atoms with Crippen molar-refractivity contribution in [1.82, 2.24) is 4.90 Å². The number of halogens is 3.